The molecule has 1 atom stereocenters. The van der Waals surface area contributed by atoms with Crippen LogP contribution in [0.5, 0.6) is 0 Å². The number of hydrogen-bond donors (Lipinski definition) is 1. The van der Waals surface area contributed by atoms with Crippen LogP contribution in [0, 0.1) is 6.92 Å². The maximum Gasteiger partial charge on any atom is 0.264 e. The molecule has 9 heteroatoms. The van der Waals surface area contributed by atoms with Crippen molar-refractivity contribution >= 4 is 43.5 Å². The van der Waals surface area contributed by atoms with Gasteiger partial charge in [-0.25, -0.2) is 8.42 Å². The number of carbonyl (C=O) groups excluding carboxylic acids is 2. The van der Waals surface area contributed by atoms with Crippen LogP contribution in [0.3, 0.4) is 0 Å². The van der Waals surface area contributed by atoms with Crippen LogP contribution in [-0.4, -0.2) is 43.3 Å². The molecule has 0 saturated carbocycles. The molecule has 0 aliphatic heterocycles. The molecule has 1 N–H and O–H groups in total. The molecular weight excluding hydrogens is 566 g/mol. The third-order valence-electron chi connectivity index (χ3n) is 5.86. The first kappa shape index (κ1) is 29.4. The number of sulfonamides is 1. The molecule has 7 nitrogen and oxygen atoms in total. The summed E-state index contributed by atoms with van der Waals surface area (Å²) >= 11 is 3.38. The molecule has 0 aliphatic carbocycles. The van der Waals surface area contributed by atoms with Gasteiger partial charge in [-0.05, 0) is 76.6 Å². The van der Waals surface area contributed by atoms with E-state index >= 15 is 0 Å². The minimum Gasteiger partial charge on any atom is -0.350 e. The van der Waals surface area contributed by atoms with Gasteiger partial charge in [-0.15, -0.1) is 0 Å². The maximum absolute atomic E-state index is 13.9. The summed E-state index contributed by atoms with van der Waals surface area (Å²) in [6.07, 6.45) is 0. The third-order valence-corrected chi connectivity index (χ3v) is 8.18. The molecule has 2 amide bonds. The summed E-state index contributed by atoms with van der Waals surface area (Å²) in [5.41, 5.74) is 1.75. The van der Waals surface area contributed by atoms with Crippen LogP contribution in [0.1, 0.15) is 38.8 Å². The molecule has 1 unspecified atom stereocenters. The molecule has 0 fully saturated rings. The van der Waals surface area contributed by atoms with Crippen LogP contribution in [-0.2, 0) is 26.2 Å². The number of benzene rings is 3. The zero-order chi connectivity index (χ0) is 28.1. The highest BCUT2D eigenvalue weighted by atomic mass is 79.9. The van der Waals surface area contributed by atoms with Crippen molar-refractivity contribution < 1.29 is 18.0 Å². The lowest BCUT2D eigenvalue weighted by Crippen LogP contribution is -2.54. The van der Waals surface area contributed by atoms with E-state index in [-0.39, 0.29) is 17.3 Å². The molecule has 0 spiro atoms. The Morgan fingerprint density at radius 1 is 0.921 bits per heavy atom. The van der Waals surface area contributed by atoms with Gasteiger partial charge >= 0.3 is 0 Å². The number of hydrogen-bond acceptors (Lipinski definition) is 4. The lowest BCUT2D eigenvalue weighted by atomic mass is 10.1. The van der Waals surface area contributed by atoms with E-state index in [0.29, 0.717) is 5.69 Å². The van der Waals surface area contributed by atoms with E-state index < -0.39 is 34.1 Å². The Kier molecular flexibility index (Phi) is 9.38. The molecule has 0 saturated heterocycles. The second-order valence-corrected chi connectivity index (χ2v) is 13.0. The Labute approximate surface area is 234 Å². The van der Waals surface area contributed by atoms with E-state index in [1.807, 2.05) is 52.0 Å². The number of halogens is 1. The molecule has 0 aromatic heterocycles. The van der Waals surface area contributed by atoms with E-state index in [0.717, 1.165) is 19.9 Å². The van der Waals surface area contributed by atoms with Crippen molar-refractivity contribution in [2.24, 2.45) is 0 Å². The minimum absolute atomic E-state index is 0.0688. The van der Waals surface area contributed by atoms with Crippen molar-refractivity contribution in [3.63, 3.8) is 0 Å². The molecular formula is C29H34BrN3O4S. The number of anilines is 1. The average Bonchev–Trinajstić information content (AvgIpc) is 2.86. The lowest BCUT2D eigenvalue weighted by molar-refractivity contribution is -0.140. The summed E-state index contributed by atoms with van der Waals surface area (Å²) in [4.78, 5) is 28.5. The fraction of sp³-hybridized carbons (Fsp3) is 0.310. The van der Waals surface area contributed by atoms with Gasteiger partial charge in [-0.2, -0.15) is 0 Å². The number of nitrogens with one attached hydrogen (secondary N) is 1. The summed E-state index contributed by atoms with van der Waals surface area (Å²) in [5.74, 6) is -0.816. The smallest absolute Gasteiger partial charge is 0.264 e. The van der Waals surface area contributed by atoms with E-state index in [9.17, 15) is 18.0 Å². The standard InChI is InChI=1S/C29H34BrN3O4S/c1-21-11-13-23(14-12-21)19-32(22(2)28(35)31-29(3,4)5)27(34)20-33(25-17-15-24(30)16-18-25)38(36,37)26-9-7-6-8-10-26/h6-18,22H,19-20H2,1-5H3,(H,31,35). The quantitative estimate of drug-likeness (QED) is 0.362. The predicted molar refractivity (Wildman–Crippen MR) is 154 cm³/mol. The van der Waals surface area contributed by atoms with Crippen LogP contribution in [0.2, 0.25) is 0 Å². The fourth-order valence-electron chi connectivity index (χ4n) is 3.80. The Morgan fingerprint density at radius 3 is 2.05 bits per heavy atom. The number of rotatable bonds is 9. The highest BCUT2D eigenvalue weighted by Gasteiger charge is 2.33. The Hall–Kier alpha value is -3.17. The van der Waals surface area contributed by atoms with Crippen molar-refractivity contribution in [2.45, 2.75) is 57.6 Å². The maximum atomic E-state index is 13.9. The molecule has 202 valence electrons. The molecule has 0 aliphatic rings. The molecule has 3 aromatic rings. The molecule has 0 radical (unpaired) electrons. The Morgan fingerprint density at radius 2 is 1.50 bits per heavy atom. The topological polar surface area (TPSA) is 86.8 Å². The second kappa shape index (κ2) is 12.1. The molecule has 0 heterocycles. The number of carbonyl (C=O) groups is 2. The first-order valence-corrected chi connectivity index (χ1v) is 14.5. The van der Waals surface area contributed by atoms with Crippen molar-refractivity contribution in [3.8, 4) is 0 Å². The zero-order valence-electron chi connectivity index (χ0n) is 22.3. The summed E-state index contributed by atoms with van der Waals surface area (Å²) in [7, 11) is -4.08. The first-order valence-electron chi connectivity index (χ1n) is 12.3. The largest absolute Gasteiger partial charge is 0.350 e. The van der Waals surface area contributed by atoms with E-state index in [1.165, 1.54) is 17.0 Å². The predicted octanol–water partition coefficient (Wildman–Crippen LogP) is 5.28. The number of nitrogens with zero attached hydrogens (tertiary/aromatic N) is 2. The number of aryl methyl sites for hydroxylation is 1. The SMILES string of the molecule is Cc1ccc(CN(C(=O)CN(c2ccc(Br)cc2)S(=O)(=O)c2ccccc2)C(C)C(=O)NC(C)(C)C)cc1. The van der Waals surface area contributed by atoms with Gasteiger partial charge in [0.15, 0.2) is 0 Å². The second-order valence-electron chi connectivity index (χ2n) is 10.2. The van der Waals surface area contributed by atoms with Crippen LogP contribution < -0.4 is 9.62 Å². The summed E-state index contributed by atoms with van der Waals surface area (Å²) in [5, 5.41) is 2.93. The molecule has 3 rings (SSSR count). The van der Waals surface area contributed by atoms with Gasteiger partial charge in [-0.1, -0.05) is 64.0 Å². The zero-order valence-corrected chi connectivity index (χ0v) is 24.7. The minimum atomic E-state index is -4.08. The highest BCUT2D eigenvalue weighted by molar-refractivity contribution is 9.10. The van der Waals surface area contributed by atoms with Gasteiger partial charge in [0.1, 0.15) is 12.6 Å². The van der Waals surface area contributed by atoms with Crippen LogP contribution >= 0.6 is 15.9 Å². The van der Waals surface area contributed by atoms with Crippen LogP contribution in [0.25, 0.3) is 0 Å². The van der Waals surface area contributed by atoms with Gasteiger partial charge in [0.2, 0.25) is 11.8 Å². The van der Waals surface area contributed by atoms with Gasteiger partial charge in [-0.3, -0.25) is 13.9 Å². The van der Waals surface area contributed by atoms with E-state index in [1.54, 1.807) is 49.4 Å². The van der Waals surface area contributed by atoms with Crippen LogP contribution in [0.4, 0.5) is 5.69 Å². The van der Waals surface area contributed by atoms with E-state index in [2.05, 4.69) is 21.2 Å². The first-order chi connectivity index (χ1) is 17.8. The van der Waals surface area contributed by atoms with Crippen molar-refractivity contribution in [1.29, 1.82) is 0 Å². The molecule has 38 heavy (non-hydrogen) atoms. The highest BCUT2D eigenvalue weighted by Crippen LogP contribution is 2.26. The monoisotopic (exact) mass is 599 g/mol. The normalized spacial score (nSPS) is 12.5. The molecule has 0 bridgehead atoms. The van der Waals surface area contributed by atoms with Gasteiger partial charge in [0.05, 0.1) is 10.6 Å². The van der Waals surface area contributed by atoms with Crippen molar-refractivity contribution in [3.05, 3.63) is 94.5 Å². The number of amides is 2. The van der Waals surface area contributed by atoms with E-state index in [4.69, 9.17) is 0 Å². The fourth-order valence-corrected chi connectivity index (χ4v) is 5.50. The van der Waals surface area contributed by atoms with Gasteiger partial charge in [0, 0.05) is 16.6 Å². The Balaban J connectivity index is 2.01. The molecule has 3 aromatic carbocycles. The summed E-state index contributed by atoms with van der Waals surface area (Å²) in [6, 6.07) is 21.5. The van der Waals surface area contributed by atoms with Crippen molar-refractivity contribution in [1.82, 2.24) is 10.2 Å². The summed E-state index contributed by atoms with van der Waals surface area (Å²) < 4.78 is 29.3. The van der Waals surface area contributed by atoms with Crippen LogP contribution in [0.15, 0.2) is 88.2 Å². The van der Waals surface area contributed by atoms with Gasteiger partial charge in [0.25, 0.3) is 10.0 Å². The Bertz CT molecular complexity index is 1350. The van der Waals surface area contributed by atoms with Gasteiger partial charge < -0.3 is 10.2 Å². The lowest BCUT2D eigenvalue weighted by Gasteiger charge is -2.33. The van der Waals surface area contributed by atoms with Crippen molar-refractivity contribution in [2.75, 3.05) is 10.8 Å². The summed E-state index contributed by atoms with van der Waals surface area (Å²) in [6.45, 7) is 8.90. The third kappa shape index (κ3) is 7.68. The average molecular weight is 601 g/mol.